The van der Waals surface area contributed by atoms with Crippen LogP contribution in [-0.4, -0.2) is 46.7 Å². The van der Waals surface area contributed by atoms with Gasteiger partial charge in [-0.05, 0) is 23.3 Å². The van der Waals surface area contributed by atoms with Gasteiger partial charge in [0.25, 0.3) is 5.91 Å². The second-order valence-corrected chi connectivity index (χ2v) is 7.46. The predicted molar refractivity (Wildman–Crippen MR) is 112 cm³/mol. The molecule has 2 heterocycles. The summed E-state index contributed by atoms with van der Waals surface area (Å²) in [5.74, 6) is -0.184. The Morgan fingerprint density at radius 2 is 1.55 bits per heavy atom. The van der Waals surface area contributed by atoms with Crippen LogP contribution in [0.15, 0.2) is 54.6 Å². The summed E-state index contributed by atoms with van der Waals surface area (Å²) in [6.45, 7) is 1.39. The zero-order valence-electron chi connectivity index (χ0n) is 16.0. The van der Waals surface area contributed by atoms with Crippen molar-refractivity contribution in [3.8, 4) is 0 Å². The third-order valence-electron chi connectivity index (χ3n) is 5.58. The minimum Gasteiger partial charge on any atom is -0.336 e. The molecule has 2 atom stereocenters. The van der Waals surface area contributed by atoms with Crippen LogP contribution in [0.25, 0.3) is 0 Å². The van der Waals surface area contributed by atoms with E-state index in [2.05, 4.69) is 0 Å². The van der Waals surface area contributed by atoms with E-state index in [1.807, 2.05) is 30.3 Å². The highest BCUT2D eigenvalue weighted by molar-refractivity contribution is 6.01. The molecule has 0 aliphatic carbocycles. The van der Waals surface area contributed by atoms with Crippen molar-refractivity contribution in [1.29, 1.82) is 0 Å². The molecule has 3 amide bonds. The lowest BCUT2D eigenvalue weighted by molar-refractivity contribution is -0.139. The molecule has 0 radical (unpaired) electrons. The molecule has 2 saturated heterocycles. The number of hydrogen-bond donors (Lipinski definition) is 1. The highest BCUT2D eigenvalue weighted by Gasteiger charge is 2.34. The summed E-state index contributed by atoms with van der Waals surface area (Å²) in [4.78, 5) is 39.5. The van der Waals surface area contributed by atoms with Gasteiger partial charge in [0.1, 0.15) is 0 Å². The first-order valence-corrected chi connectivity index (χ1v) is 9.55. The van der Waals surface area contributed by atoms with Gasteiger partial charge in [0.05, 0.1) is 6.54 Å². The van der Waals surface area contributed by atoms with E-state index in [0.717, 1.165) is 11.1 Å². The maximum absolute atomic E-state index is 12.9. The van der Waals surface area contributed by atoms with Crippen molar-refractivity contribution in [2.75, 3.05) is 13.1 Å². The number of imide groups is 1. The van der Waals surface area contributed by atoms with Gasteiger partial charge in [0.15, 0.2) is 0 Å². The molecule has 6 nitrogen and oxygen atoms in total. The lowest BCUT2D eigenvalue weighted by Crippen LogP contribution is -2.32. The van der Waals surface area contributed by atoms with E-state index in [4.69, 9.17) is 5.73 Å². The second kappa shape index (κ2) is 8.76. The standard InChI is InChI=1S/C22H23N3O3.ClH/c23-19-14-24(13-18(19)16-4-2-1-3-5-16)22(28)17-8-6-15(7-9-17)12-25-20(26)10-11-21(25)27;/h1-9,18-19H,10-14,23H2;1H/t18-,19+;/m0./s1. The van der Waals surface area contributed by atoms with E-state index in [1.54, 1.807) is 29.2 Å². The summed E-state index contributed by atoms with van der Waals surface area (Å²) in [6.07, 6.45) is 0.570. The predicted octanol–water partition coefficient (Wildman–Crippen LogP) is 2.32. The van der Waals surface area contributed by atoms with Gasteiger partial charge < -0.3 is 10.6 Å². The summed E-state index contributed by atoms with van der Waals surface area (Å²) >= 11 is 0. The molecular formula is C22H24ClN3O3. The Bertz CT molecular complexity index is 885. The van der Waals surface area contributed by atoms with Gasteiger partial charge in [-0.3, -0.25) is 19.3 Å². The Hall–Kier alpha value is -2.70. The summed E-state index contributed by atoms with van der Waals surface area (Å²) < 4.78 is 0. The largest absolute Gasteiger partial charge is 0.336 e. The van der Waals surface area contributed by atoms with Crippen molar-refractivity contribution in [1.82, 2.24) is 9.80 Å². The van der Waals surface area contributed by atoms with Crippen LogP contribution < -0.4 is 5.73 Å². The summed E-state index contributed by atoms with van der Waals surface area (Å²) in [5.41, 5.74) is 8.87. The Labute approximate surface area is 176 Å². The number of halogens is 1. The first-order valence-electron chi connectivity index (χ1n) is 9.55. The van der Waals surface area contributed by atoms with Gasteiger partial charge in [-0.25, -0.2) is 0 Å². The molecule has 4 rings (SSSR count). The van der Waals surface area contributed by atoms with E-state index in [9.17, 15) is 14.4 Å². The van der Waals surface area contributed by atoms with Crippen LogP contribution in [0.1, 0.15) is 40.2 Å². The summed E-state index contributed by atoms with van der Waals surface area (Å²) in [7, 11) is 0. The topological polar surface area (TPSA) is 83.7 Å². The Kier molecular flexibility index (Phi) is 6.35. The minimum atomic E-state index is -0.136. The Morgan fingerprint density at radius 3 is 2.17 bits per heavy atom. The number of likely N-dealkylation sites (tertiary alicyclic amines) is 2. The molecule has 2 N–H and O–H groups in total. The molecule has 2 aliphatic rings. The molecule has 0 bridgehead atoms. The molecule has 2 aromatic rings. The van der Waals surface area contributed by atoms with Crippen molar-refractivity contribution in [3.63, 3.8) is 0 Å². The SMILES string of the molecule is Cl.N[C@@H]1CN(C(=O)c2ccc(CN3C(=O)CCC3=O)cc2)C[C@H]1c1ccccc1. The molecule has 0 unspecified atom stereocenters. The van der Waals surface area contributed by atoms with Gasteiger partial charge in [-0.2, -0.15) is 0 Å². The number of amides is 3. The molecule has 0 saturated carbocycles. The lowest BCUT2D eigenvalue weighted by Gasteiger charge is -2.17. The van der Waals surface area contributed by atoms with Crippen LogP contribution in [0.3, 0.4) is 0 Å². The fraction of sp³-hybridized carbons (Fsp3) is 0.318. The van der Waals surface area contributed by atoms with Crippen molar-refractivity contribution < 1.29 is 14.4 Å². The summed E-state index contributed by atoms with van der Waals surface area (Å²) in [6, 6.07) is 17.1. The fourth-order valence-corrected chi connectivity index (χ4v) is 3.96. The van der Waals surface area contributed by atoms with E-state index in [0.29, 0.717) is 18.7 Å². The van der Waals surface area contributed by atoms with E-state index >= 15 is 0 Å². The molecule has 0 spiro atoms. The molecule has 7 heteroatoms. The fourth-order valence-electron chi connectivity index (χ4n) is 3.96. The van der Waals surface area contributed by atoms with E-state index in [1.165, 1.54) is 4.90 Å². The van der Waals surface area contributed by atoms with Crippen LogP contribution in [0, 0.1) is 0 Å². The van der Waals surface area contributed by atoms with Gasteiger partial charge >= 0.3 is 0 Å². The molecule has 152 valence electrons. The third-order valence-corrected chi connectivity index (χ3v) is 5.58. The maximum Gasteiger partial charge on any atom is 0.253 e. The number of nitrogens with two attached hydrogens (primary N) is 1. The van der Waals surface area contributed by atoms with Crippen LogP contribution in [0.2, 0.25) is 0 Å². The van der Waals surface area contributed by atoms with Crippen molar-refractivity contribution >= 4 is 30.1 Å². The third kappa shape index (κ3) is 4.33. The molecule has 2 aromatic carbocycles. The van der Waals surface area contributed by atoms with Gasteiger partial charge in [-0.1, -0.05) is 42.5 Å². The average Bonchev–Trinajstić information content (AvgIpc) is 3.26. The van der Waals surface area contributed by atoms with Crippen molar-refractivity contribution in [2.24, 2.45) is 5.73 Å². The van der Waals surface area contributed by atoms with Crippen LogP contribution in [0.4, 0.5) is 0 Å². The smallest absolute Gasteiger partial charge is 0.253 e. The molecule has 0 aromatic heterocycles. The van der Waals surface area contributed by atoms with Crippen molar-refractivity contribution in [3.05, 3.63) is 71.3 Å². The number of rotatable bonds is 4. The zero-order chi connectivity index (χ0) is 19.7. The lowest BCUT2D eigenvalue weighted by atomic mass is 9.95. The monoisotopic (exact) mass is 413 g/mol. The number of benzene rings is 2. The number of carbonyl (C=O) groups excluding carboxylic acids is 3. The number of hydrogen-bond acceptors (Lipinski definition) is 4. The summed E-state index contributed by atoms with van der Waals surface area (Å²) in [5, 5.41) is 0. The molecule has 29 heavy (non-hydrogen) atoms. The van der Waals surface area contributed by atoms with Crippen LogP contribution in [0.5, 0.6) is 0 Å². The normalized spacial score (nSPS) is 21.4. The zero-order valence-corrected chi connectivity index (χ0v) is 16.8. The van der Waals surface area contributed by atoms with Gasteiger partial charge in [-0.15, -0.1) is 12.4 Å². The average molecular weight is 414 g/mol. The van der Waals surface area contributed by atoms with Gasteiger partial charge in [0, 0.05) is 43.5 Å². The van der Waals surface area contributed by atoms with E-state index in [-0.39, 0.29) is 61.5 Å². The Morgan fingerprint density at radius 1 is 0.931 bits per heavy atom. The first-order chi connectivity index (χ1) is 13.5. The number of carbonyl (C=O) groups is 3. The minimum absolute atomic E-state index is 0. The first kappa shape index (κ1) is 21.0. The van der Waals surface area contributed by atoms with Crippen LogP contribution in [-0.2, 0) is 16.1 Å². The van der Waals surface area contributed by atoms with E-state index < -0.39 is 0 Å². The van der Waals surface area contributed by atoms with Crippen LogP contribution >= 0.6 is 12.4 Å². The molecular weight excluding hydrogens is 390 g/mol. The molecule has 2 aliphatic heterocycles. The number of nitrogens with zero attached hydrogens (tertiary/aromatic N) is 2. The highest BCUT2D eigenvalue weighted by Crippen LogP contribution is 2.27. The van der Waals surface area contributed by atoms with Gasteiger partial charge in [0.2, 0.25) is 11.8 Å². The quantitative estimate of drug-likeness (QED) is 0.779. The highest BCUT2D eigenvalue weighted by atomic mass is 35.5. The second-order valence-electron chi connectivity index (χ2n) is 7.46. The van der Waals surface area contributed by atoms with Crippen molar-refractivity contribution in [2.45, 2.75) is 31.3 Å². The maximum atomic E-state index is 12.9. The Balaban J connectivity index is 0.00000240. The molecule has 2 fully saturated rings.